The average molecular weight is 386 g/mol. The highest BCUT2D eigenvalue weighted by molar-refractivity contribution is 7.92. The summed E-state index contributed by atoms with van der Waals surface area (Å²) in [6.07, 6.45) is 0. The van der Waals surface area contributed by atoms with Crippen LogP contribution < -0.4 is 15.6 Å². The molecule has 2 aromatic carbocycles. The number of rotatable bonds is 5. The summed E-state index contributed by atoms with van der Waals surface area (Å²) in [5.41, 5.74) is 0.720. The molecule has 9 heteroatoms. The molecule has 0 saturated heterocycles. The number of nitrogens with zero attached hydrogens (tertiary/aromatic N) is 2. The van der Waals surface area contributed by atoms with Gasteiger partial charge in [0.1, 0.15) is 0 Å². The second-order valence-corrected chi connectivity index (χ2v) is 7.87. The molecule has 1 amide bonds. The van der Waals surface area contributed by atoms with Gasteiger partial charge >= 0.3 is 0 Å². The second-order valence-electron chi connectivity index (χ2n) is 5.86. The first-order valence-electron chi connectivity index (χ1n) is 8.18. The quantitative estimate of drug-likeness (QED) is 0.696. The molecular weight excluding hydrogens is 368 g/mol. The van der Waals surface area contributed by atoms with Crippen molar-refractivity contribution in [2.75, 3.05) is 15.8 Å². The Morgan fingerprint density at radius 3 is 2.26 bits per heavy atom. The maximum atomic E-state index is 12.7. The smallest absolute Gasteiger partial charge is 0.276 e. The molecule has 0 aliphatic rings. The van der Waals surface area contributed by atoms with E-state index in [4.69, 9.17) is 0 Å². The third kappa shape index (κ3) is 3.98. The van der Waals surface area contributed by atoms with Gasteiger partial charge in [-0.05, 0) is 37.3 Å². The Kier molecular flexibility index (Phi) is 4.95. The van der Waals surface area contributed by atoms with Gasteiger partial charge in [-0.3, -0.25) is 14.3 Å². The molecule has 0 radical (unpaired) electrons. The zero-order chi connectivity index (χ0) is 19.6. The van der Waals surface area contributed by atoms with Crippen LogP contribution in [0.25, 0.3) is 10.8 Å². The van der Waals surface area contributed by atoms with Gasteiger partial charge in [-0.1, -0.05) is 18.2 Å². The molecule has 8 nitrogen and oxygen atoms in total. The van der Waals surface area contributed by atoms with E-state index in [1.54, 1.807) is 55.5 Å². The number of carbonyl (C=O) groups excluding carboxylic acids is 1. The molecule has 0 spiro atoms. The van der Waals surface area contributed by atoms with Crippen LogP contribution in [0.5, 0.6) is 0 Å². The molecule has 3 aromatic rings. The van der Waals surface area contributed by atoms with Crippen molar-refractivity contribution in [1.82, 2.24) is 9.78 Å². The predicted molar refractivity (Wildman–Crippen MR) is 104 cm³/mol. The van der Waals surface area contributed by atoms with Crippen molar-refractivity contribution in [2.45, 2.75) is 6.92 Å². The van der Waals surface area contributed by atoms with Gasteiger partial charge in [0.25, 0.3) is 11.5 Å². The standard InChI is InChI=1S/C18H18N4O4S/c1-3-27(25,26)21-13-10-8-12(9-11-13)19-17(23)16-14-6-4-5-7-15(14)18(24)22(2)20-16/h4-11,21H,3H2,1-2H3,(H,19,23). The predicted octanol–water partition coefficient (Wildman–Crippen LogP) is 1.95. The summed E-state index contributed by atoms with van der Waals surface area (Å²) in [7, 11) is -1.88. The Balaban J connectivity index is 1.87. The molecule has 1 heterocycles. The fraction of sp³-hybridized carbons (Fsp3) is 0.167. The zero-order valence-electron chi connectivity index (χ0n) is 14.8. The van der Waals surface area contributed by atoms with Crippen LogP contribution in [0, 0.1) is 0 Å². The lowest BCUT2D eigenvalue weighted by molar-refractivity contribution is 0.102. The van der Waals surface area contributed by atoms with Gasteiger partial charge in [0.05, 0.1) is 11.1 Å². The third-order valence-electron chi connectivity index (χ3n) is 3.97. The lowest BCUT2D eigenvalue weighted by Gasteiger charge is -2.10. The Morgan fingerprint density at radius 1 is 1.04 bits per heavy atom. The van der Waals surface area contributed by atoms with Crippen LogP contribution in [0.1, 0.15) is 17.4 Å². The molecule has 0 bridgehead atoms. The second kappa shape index (κ2) is 7.20. The van der Waals surface area contributed by atoms with Crippen LogP contribution in [-0.4, -0.2) is 29.9 Å². The van der Waals surface area contributed by atoms with E-state index >= 15 is 0 Å². The van der Waals surface area contributed by atoms with Crippen LogP contribution >= 0.6 is 0 Å². The van der Waals surface area contributed by atoms with Crippen molar-refractivity contribution in [3.63, 3.8) is 0 Å². The number of hydrogen-bond donors (Lipinski definition) is 2. The van der Waals surface area contributed by atoms with Gasteiger partial charge in [-0.2, -0.15) is 5.10 Å². The molecule has 0 saturated carbocycles. The minimum Gasteiger partial charge on any atom is -0.321 e. The minimum atomic E-state index is -3.36. The van der Waals surface area contributed by atoms with E-state index in [1.807, 2.05) is 0 Å². The third-order valence-corrected chi connectivity index (χ3v) is 5.27. The number of aromatic nitrogens is 2. The summed E-state index contributed by atoms with van der Waals surface area (Å²) in [6, 6.07) is 13.0. The van der Waals surface area contributed by atoms with Gasteiger partial charge in [0.15, 0.2) is 5.69 Å². The van der Waals surface area contributed by atoms with E-state index < -0.39 is 15.9 Å². The number of sulfonamides is 1. The zero-order valence-corrected chi connectivity index (χ0v) is 15.6. The van der Waals surface area contributed by atoms with Crippen LogP contribution in [-0.2, 0) is 17.1 Å². The number of carbonyl (C=O) groups is 1. The number of anilines is 2. The van der Waals surface area contributed by atoms with E-state index in [0.717, 1.165) is 4.68 Å². The summed E-state index contributed by atoms with van der Waals surface area (Å²) >= 11 is 0. The summed E-state index contributed by atoms with van der Waals surface area (Å²) in [5, 5.41) is 7.65. The molecule has 0 aliphatic heterocycles. The summed E-state index contributed by atoms with van der Waals surface area (Å²) in [4.78, 5) is 24.8. The fourth-order valence-electron chi connectivity index (χ4n) is 2.53. The average Bonchev–Trinajstić information content (AvgIpc) is 2.66. The van der Waals surface area contributed by atoms with Crippen molar-refractivity contribution in [3.8, 4) is 0 Å². The molecule has 2 N–H and O–H groups in total. The number of hydrogen-bond acceptors (Lipinski definition) is 5. The van der Waals surface area contributed by atoms with Gasteiger partial charge in [0, 0.05) is 23.8 Å². The van der Waals surface area contributed by atoms with E-state index in [-0.39, 0.29) is 17.0 Å². The minimum absolute atomic E-state index is 0.0308. The SMILES string of the molecule is CCS(=O)(=O)Nc1ccc(NC(=O)c2nn(C)c(=O)c3ccccc23)cc1. The molecule has 1 aromatic heterocycles. The Bertz CT molecular complexity index is 1170. The number of benzene rings is 2. The lowest BCUT2D eigenvalue weighted by Crippen LogP contribution is -2.25. The van der Waals surface area contributed by atoms with Crippen molar-refractivity contribution < 1.29 is 13.2 Å². The summed E-state index contributed by atoms with van der Waals surface area (Å²) in [6.45, 7) is 1.54. The van der Waals surface area contributed by atoms with E-state index in [9.17, 15) is 18.0 Å². The molecule has 140 valence electrons. The van der Waals surface area contributed by atoms with Crippen molar-refractivity contribution in [2.24, 2.45) is 7.05 Å². The van der Waals surface area contributed by atoms with E-state index in [1.165, 1.54) is 7.05 Å². The lowest BCUT2D eigenvalue weighted by atomic mass is 10.1. The molecule has 0 unspecified atom stereocenters. The highest BCUT2D eigenvalue weighted by Crippen LogP contribution is 2.18. The fourth-order valence-corrected chi connectivity index (χ4v) is 3.17. The van der Waals surface area contributed by atoms with Crippen LogP contribution in [0.15, 0.2) is 53.3 Å². The monoisotopic (exact) mass is 386 g/mol. The molecule has 0 atom stereocenters. The molecule has 0 fully saturated rings. The van der Waals surface area contributed by atoms with Crippen molar-refractivity contribution in [3.05, 3.63) is 64.6 Å². The van der Waals surface area contributed by atoms with Crippen LogP contribution in [0.2, 0.25) is 0 Å². The van der Waals surface area contributed by atoms with Gasteiger partial charge < -0.3 is 5.32 Å². The molecule has 0 aliphatic carbocycles. The van der Waals surface area contributed by atoms with Crippen LogP contribution in [0.4, 0.5) is 11.4 Å². The van der Waals surface area contributed by atoms with Crippen LogP contribution in [0.3, 0.4) is 0 Å². The summed E-state index contributed by atoms with van der Waals surface area (Å²) in [5.74, 6) is -0.500. The van der Waals surface area contributed by atoms with E-state index in [2.05, 4.69) is 15.1 Å². The maximum Gasteiger partial charge on any atom is 0.276 e. The normalized spacial score (nSPS) is 11.3. The van der Waals surface area contributed by atoms with E-state index in [0.29, 0.717) is 22.1 Å². The van der Waals surface area contributed by atoms with Gasteiger partial charge in [-0.25, -0.2) is 13.1 Å². The van der Waals surface area contributed by atoms with Crippen molar-refractivity contribution >= 4 is 38.1 Å². The first kappa shape index (κ1) is 18.6. The number of aryl methyl sites for hydroxylation is 1. The highest BCUT2D eigenvalue weighted by atomic mass is 32.2. The van der Waals surface area contributed by atoms with Gasteiger partial charge in [-0.15, -0.1) is 0 Å². The Hall–Kier alpha value is -3.20. The maximum absolute atomic E-state index is 12.7. The molecular formula is C18H18N4O4S. The first-order valence-corrected chi connectivity index (χ1v) is 9.84. The molecule has 3 rings (SSSR count). The summed E-state index contributed by atoms with van der Waals surface area (Å²) < 4.78 is 26.7. The highest BCUT2D eigenvalue weighted by Gasteiger charge is 2.16. The largest absolute Gasteiger partial charge is 0.321 e. The number of fused-ring (bicyclic) bond motifs is 1. The number of amides is 1. The van der Waals surface area contributed by atoms with Gasteiger partial charge in [0.2, 0.25) is 10.0 Å². The Morgan fingerprint density at radius 2 is 1.63 bits per heavy atom. The molecule has 27 heavy (non-hydrogen) atoms. The van der Waals surface area contributed by atoms with Crippen molar-refractivity contribution in [1.29, 1.82) is 0 Å². The topological polar surface area (TPSA) is 110 Å². The first-order chi connectivity index (χ1) is 12.8. The number of nitrogens with one attached hydrogen (secondary N) is 2. The Labute approximate surface area is 155 Å².